The number of likely N-dealkylation sites (tertiary alicyclic amines) is 1. The number of aliphatic hydroxyl groups excluding tert-OH is 1. The van der Waals surface area contributed by atoms with Crippen LogP contribution in [0.25, 0.3) is 0 Å². The Morgan fingerprint density at radius 3 is 2.00 bits per heavy atom. The number of aliphatic hydroxyl groups is 1. The second-order valence-corrected chi connectivity index (χ2v) is 6.88. The van der Waals surface area contributed by atoms with E-state index in [-0.39, 0.29) is 6.10 Å². The SMILES string of the molecule is OC1CCCCC1N1CCC(NC2CCCC2)CC1. The van der Waals surface area contributed by atoms with Crippen molar-refractivity contribution in [2.75, 3.05) is 13.1 Å². The molecule has 0 radical (unpaired) electrons. The zero-order chi connectivity index (χ0) is 13.1. The highest BCUT2D eigenvalue weighted by atomic mass is 16.3. The average molecular weight is 266 g/mol. The molecule has 1 heterocycles. The summed E-state index contributed by atoms with van der Waals surface area (Å²) in [4.78, 5) is 2.57. The molecule has 3 aliphatic rings. The smallest absolute Gasteiger partial charge is 0.0695 e. The quantitative estimate of drug-likeness (QED) is 0.823. The molecule has 0 spiro atoms. The van der Waals surface area contributed by atoms with Gasteiger partial charge in [0.25, 0.3) is 0 Å². The molecule has 0 aromatic carbocycles. The predicted octanol–water partition coefficient (Wildman–Crippen LogP) is 2.29. The summed E-state index contributed by atoms with van der Waals surface area (Å²) in [6.45, 7) is 2.37. The maximum absolute atomic E-state index is 10.2. The Morgan fingerprint density at radius 1 is 0.737 bits per heavy atom. The summed E-state index contributed by atoms with van der Waals surface area (Å²) in [7, 11) is 0. The molecule has 110 valence electrons. The molecule has 3 nitrogen and oxygen atoms in total. The molecule has 19 heavy (non-hydrogen) atoms. The van der Waals surface area contributed by atoms with Crippen molar-refractivity contribution in [1.82, 2.24) is 10.2 Å². The Labute approximate surface area is 117 Å². The predicted molar refractivity (Wildman–Crippen MR) is 78.2 cm³/mol. The van der Waals surface area contributed by atoms with E-state index in [1.807, 2.05) is 0 Å². The third-order valence-electron chi connectivity index (χ3n) is 5.52. The van der Waals surface area contributed by atoms with Crippen molar-refractivity contribution in [2.45, 2.75) is 88.4 Å². The van der Waals surface area contributed by atoms with Gasteiger partial charge in [-0.25, -0.2) is 0 Å². The van der Waals surface area contributed by atoms with Gasteiger partial charge in [0.1, 0.15) is 0 Å². The van der Waals surface area contributed by atoms with Gasteiger partial charge in [-0.2, -0.15) is 0 Å². The largest absolute Gasteiger partial charge is 0.391 e. The van der Waals surface area contributed by atoms with Gasteiger partial charge in [-0.15, -0.1) is 0 Å². The maximum atomic E-state index is 10.2. The Bertz CT molecular complexity index is 270. The van der Waals surface area contributed by atoms with Gasteiger partial charge in [-0.1, -0.05) is 25.7 Å². The molecular formula is C16H30N2O. The van der Waals surface area contributed by atoms with Crippen LogP contribution in [0.1, 0.15) is 64.2 Å². The van der Waals surface area contributed by atoms with Gasteiger partial charge in [-0.05, 0) is 38.5 Å². The van der Waals surface area contributed by atoms with Gasteiger partial charge < -0.3 is 10.4 Å². The topological polar surface area (TPSA) is 35.5 Å². The van der Waals surface area contributed by atoms with Crippen molar-refractivity contribution in [3.63, 3.8) is 0 Å². The molecule has 0 aromatic rings. The van der Waals surface area contributed by atoms with Crippen LogP contribution >= 0.6 is 0 Å². The van der Waals surface area contributed by atoms with Crippen LogP contribution < -0.4 is 5.32 Å². The lowest BCUT2D eigenvalue weighted by molar-refractivity contribution is 0.00665. The number of piperidine rings is 1. The minimum atomic E-state index is -0.0620. The monoisotopic (exact) mass is 266 g/mol. The molecule has 0 amide bonds. The van der Waals surface area contributed by atoms with Crippen LogP contribution in [-0.2, 0) is 0 Å². The summed E-state index contributed by atoms with van der Waals surface area (Å²) >= 11 is 0. The second-order valence-electron chi connectivity index (χ2n) is 6.88. The van der Waals surface area contributed by atoms with E-state index >= 15 is 0 Å². The molecule has 1 aliphatic heterocycles. The number of nitrogens with one attached hydrogen (secondary N) is 1. The first-order valence-electron chi connectivity index (χ1n) is 8.51. The molecule has 0 aromatic heterocycles. The van der Waals surface area contributed by atoms with Gasteiger partial charge in [0.2, 0.25) is 0 Å². The summed E-state index contributed by atoms with van der Waals surface area (Å²) < 4.78 is 0. The first-order valence-corrected chi connectivity index (χ1v) is 8.51. The first kappa shape index (κ1) is 13.8. The number of hydrogen-bond acceptors (Lipinski definition) is 3. The minimum Gasteiger partial charge on any atom is -0.391 e. The normalized spacial score (nSPS) is 35.8. The average Bonchev–Trinajstić information content (AvgIpc) is 2.93. The van der Waals surface area contributed by atoms with Crippen LogP contribution in [0.5, 0.6) is 0 Å². The van der Waals surface area contributed by atoms with Crippen molar-refractivity contribution in [1.29, 1.82) is 0 Å². The summed E-state index contributed by atoms with van der Waals surface area (Å²) in [5.41, 5.74) is 0. The first-order chi connectivity index (χ1) is 9.33. The second kappa shape index (κ2) is 6.55. The lowest BCUT2D eigenvalue weighted by Crippen LogP contribution is -2.52. The number of rotatable bonds is 3. The minimum absolute atomic E-state index is 0.0620. The van der Waals surface area contributed by atoms with Crippen molar-refractivity contribution < 1.29 is 5.11 Å². The lowest BCUT2D eigenvalue weighted by atomic mass is 9.89. The van der Waals surface area contributed by atoms with Crippen LogP contribution in [0.2, 0.25) is 0 Å². The number of nitrogens with zero attached hydrogens (tertiary/aromatic N) is 1. The summed E-state index contributed by atoms with van der Waals surface area (Å²) in [6.07, 6.45) is 12.9. The highest BCUT2D eigenvalue weighted by Crippen LogP contribution is 2.26. The molecule has 2 aliphatic carbocycles. The van der Waals surface area contributed by atoms with Crippen molar-refractivity contribution in [3.8, 4) is 0 Å². The molecule has 2 atom stereocenters. The Balaban J connectivity index is 1.43. The van der Waals surface area contributed by atoms with Crippen molar-refractivity contribution in [2.24, 2.45) is 0 Å². The molecular weight excluding hydrogens is 236 g/mol. The van der Waals surface area contributed by atoms with E-state index in [1.54, 1.807) is 0 Å². The summed E-state index contributed by atoms with van der Waals surface area (Å²) in [5.74, 6) is 0. The summed E-state index contributed by atoms with van der Waals surface area (Å²) in [5, 5.41) is 14.0. The Morgan fingerprint density at radius 2 is 1.32 bits per heavy atom. The molecule has 2 unspecified atom stereocenters. The fourth-order valence-electron chi connectivity index (χ4n) is 4.34. The van der Waals surface area contributed by atoms with E-state index < -0.39 is 0 Å². The van der Waals surface area contributed by atoms with Crippen molar-refractivity contribution >= 4 is 0 Å². The fourth-order valence-corrected chi connectivity index (χ4v) is 4.34. The highest BCUT2D eigenvalue weighted by molar-refractivity contribution is 4.89. The van der Waals surface area contributed by atoms with E-state index in [4.69, 9.17) is 0 Å². The number of hydrogen-bond donors (Lipinski definition) is 2. The third-order valence-corrected chi connectivity index (χ3v) is 5.52. The molecule has 3 fully saturated rings. The Kier molecular flexibility index (Phi) is 4.78. The van der Waals surface area contributed by atoms with Gasteiger partial charge in [-0.3, -0.25) is 4.90 Å². The van der Waals surface area contributed by atoms with Gasteiger partial charge in [0, 0.05) is 31.2 Å². The molecule has 2 saturated carbocycles. The van der Waals surface area contributed by atoms with E-state index in [9.17, 15) is 5.11 Å². The molecule has 0 bridgehead atoms. The van der Waals surface area contributed by atoms with E-state index in [2.05, 4.69) is 10.2 Å². The van der Waals surface area contributed by atoms with Crippen LogP contribution in [0.4, 0.5) is 0 Å². The fraction of sp³-hybridized carbons (Fsp3) is 1.00. The molecule has 3 heteroatoms. The van der Waals surface area contributed by atoms with Crippen LogP contribution in [-0.4, -0.2) is 47.3 Å². The third kappa shape index (κ3) is 3.50. The van der Waals surface area contributed by atoms with E-state index in [0.29, 0.717) is 6.04 Å². The van der Waals surface area contributed by atoms with Gasteiger partial charge >= 0.3 is 0 Å². The van der Waals surface area contributed by atoms with Crippen LogP contribution in [0, 0.1) is 0 Å². The van der Waals surface area contributed by atoms with Crippen LogP contribution in [0.3, 0.4) is 0 Å². The maximum Gasteiger partial charge on any atom is 0.0695 e. The zero-order valence-corrected chi connectivity index (χ0v) is 12.2. The molecule has 2 N–H and O–H groups in total. The van der Waals surface area contributed by atoms with Crippen LogP contribution in [0.15, 0.2) is 0 Å². The Hall–Kier alpha value is -0.120. The van der Waals surface area contributed by atoms with Gasteiger partial charge in [0.05, 0.1) is 6.10 Å². The van der Waals surface area contributed by atoms with E-state index in [1.165, 1.54) is 70.9 Å². The lowest BCUT2D eigenvalue weighted by Gasteiger charge is -2.42. The zero-order valence-electron chi connectivity index (χ0n) is 12.2. The van der Waals surface area contributed by atoms with Gasteiger partial charge in [0.15, 0.2) is 0 Å². The van der Waals surface area contributed by atoms with Crippen molar-refractivity contribution in [3.05, 3.63) is 0 Å². The highest BCUT2D eigenvalue weighted by Gasteiger charge is 2.32. The summed E-state index contributed by atoms with van der Waals surface area (Å²) in [6, 6.07) is 2.00. The standard InChI is InChI=1S/C16H30N2O/c19-16-8-4-3-7-15(16)18-11-9-14(10-12-18)17-13-5-1-2-6-13/h13-17,19H,1-12H2. The molecule has 3 rings (SSSR count). The van der Waals surface area contributed by atoms with E-state index in [0.717, 1.165) is 18.5 Å². The molecule has 1 saturated heterocycles.